The summed E-state index contributed by atoms with van der Waals surface area (Å²) >= 11 is 0. The van der Waals surface area contributed by atoms with Crippen molar-refractivity contribution in [1.82, 2.24) is 0 Å². The molecule has 0 N–H and O–H groups in total. The van der Waals surface area contributed by atoms with Gasteiger partial charge in [0.1, 0.15) is 0 Å². The maximum Gasteiger partial charge on any atom is 0.433 e. The smallest absolute Gasteiger partial charge is 0.270 e. The Hall–Kier alpha value is -1.48. The lowest BCUT2D eigenvalue weighted by Gasteiger charge is -2.13. The average molecular weight is 248 g/mol. The monoisotopic (exact) mass is 248 g/mol. The maximum absolute atomic E-state index is 13.9. The first kappa shape index (κ1) is 12.0. The molecule has 0 amide bonds. The summed E-state index contributed by atoms with van der Waals surface area (Å²) in [7, 11) is -4.18. The van der Waals surface area contributed by atoms with Gasteiger partial charge >= 0.3 is 8.74 Å². The zero-order valence-electron chi connectivity index (χ0n) is 9.44. The topological polar surface area (TPSA) is 0 Å². The molecule has 0 fully saturated rings. The summed E-state index contributed by atoms with van der Waals surface area (Å²) in [6.45, 7) is 0. The van der Waals surface area contributed by atoms with Crippen molar-refractivity contribution < 1.29 is 8.22 Å². The predicted octanol–water partition coefficient (Wildman–Crippen LogP) is 3.93. The van der Waals surface area contributed by atoms with Gasteiger partial charge in [-0.3, -0.25) is 8.22 Å². The first-order chi connectivity index (χ1) is 8.16. The molecule has 0 bridgehead atoms. The van der Waals surface area contributed by atoms with E-state index in [0.29, 0.717) is 0 Å². The highest BCUT2D eigenvalue weighted by Gasteiger charge is 2.35. The second-order valence-corrected chi connectivity index (χ2v) is 6.60. The van der Waals surface area contributed by atoms with Crippen molar-refractivity contribution >= 4 is 8.74 Å². The van der Waals surface area contributed by atoms with Gasteiger partial charge in [0.05, 0.1) is 0 Å². The summed E-state index contributed by atoms with van der Waals surface area (Å²) in [4.78, 5) is 0. The number of hydrogen-bond donors (Lipinski definition) is 0. The molecule has 0 aliphatic heterocycles. The minimum Gasteiger partial charge on any atom is -0.270 e. The Morgan fingerprint density at radius 1 is 0.647 bits per heavy atom. The van der Waals surface area contributed by atoms with Crippen LogP contribution < -0.4 is 0 Å². The van der Waals surface area contributed by atoms with Crippen LogP contribution in [0.25, 0.3) is 0 Å². The van der Waals surface area contributed by atoms with Crippen LogP contribution in [-0.4, -0.2) is 8.74 Å². The van der Waals surface area contributed by atoms with Crippen molar-refractivity contribution in [1.29, 1.82) is 0 Å². The largest absolute Gasteiger partial charge is 0.433 e. The number of hydrogen-bond acceptors (Lipinski definition) is 0. The van der Waals surface area contributed by atoms with Crippen LogP contribution in [0.4, 0.5) is 8.22 Å². The summed E-state index contributed by atoms with van der Waals surface area (Å²) < 4.78 is 27.9. The van der Waals surface area contributed by atoms with E-state index < -0.39 is 8.74 Å². The molecular weight excluding hydrogens is 234 g/mol. The van der Waals surface area contributed by atoms with E-state index >= 15 is 0 Å². The molecule has 2 rings (SSSR count). The van der Waals surface area contributed by atoms with Gasteiger partial charge in [-0.25, -0.2) is 0 Å². The molecule has 2 aromatic rings. The molecule has 0 spiro atoms. The second kappa shape index (κ2) is 5.23. The molecule has 0 aromatic heterocycles. The molecule has 2 aromatic carbocycles. The molecule has 0 aliphatic carbocycles. The van der Waals surface area contributed by atoms with Gasteiger partial charge < -0.3 is 0 Å². The van der Waals surface area contributed by atoms with E-state index in [9.17, 15) is 8.22 Å². The normalized spacial score (nSPS) is 11.4. The van der Waals surface area contributed by atoms with Crippen molar-refractivity contribution in [3.63, 3.8) is 0 Å². The van der Waals surface area contributed by atoms with Gasteiger partial charge in [0.25, 0.3) is 0 Å². The Balaban J connectivity index is 2.04. The minimum atomic E-state index is -4.18. The van der Waals surface area contributed by atoms with Crippen LogP contribution in [-0.2, 0) is 12.1 Å². The highest BCUT2D eigenvalue weighted by atomic mass is 28.4. The standard InChI is InChI=1S/C14H14F2Si/c15-17(16,11-13-7-3-1-4-8-13)12-14-9-5-2-6-10-14/h1-10H,11-12H2. The molecule has 0 atom stereocenters. The Morgan fingerprint density at radius 2 is 1.00 bits per heavy atom. The van der Waals surface area contributed by atoms with Crippen molar-refractivity contribution in [3.05, 3.63) is 71.8 Å². The fourth-order valence-corrected chi connectivity index (χ4v) is 3.64. The second-order valence-electron chi connectivity index (χ2n) is 4.18. The van der Waals surface area contributed by atoms with E-state index in [-0.39, 0.29) is 12.1 Å². The van der Waals surface area contributed by atoms with Crippen LogP contribution in [0.5, 0.6) is 0 Å². The lowest BCUT2D eigenvalue weighted by Crippen LogP contribution is -2.30. The SMILES string of the molecule is F[Si](F)(Cc1ccccc1)Cc1ccccc1. The van der Waals surface area contributed by atoms with E-state index in [1.165, 1.54) is 0 Å². The van der Waals surface area contributed by atoms with Gasteiger partial charge in [0.2, 0.25) is 0 Å². The number of benzene rings is 2. The Bertz CT molecular complexity index is 411. The molecular formula is C14H14F2Si. The van der Waals surface area contributed by atoms with Gasteiger partial charge in [-0.15, -0.1) is 0 Å². The van der Waals surface area contributed by atoms with Crippen LogP contribution in [0.3, 0.4) is 0 Å². The van der Waals surface area contributed by atoms with E-state index in [2.05, 4.69) is 0 Å². The quantitative estimate of drug-likeness (QED) is 0.568. The van der Waals surface area contributed by atoms with Gasteiger partial charge in [-0.05, 0) is 11.1 Å². The van der Waals surface area contributed by atoms with Gasteiger partial charge in [-0.1, -0.05) is 60.7 Å². The molecule has 0 radical (unpaired) electrons. The minimum absolute atomic E-state index is 0.0667. The van der Waals surface area contributed by atoms with E-state index in [1.54, 1.807) is 24.3 Å². The summed E-state index contributed by atoms with van der Waals surface area (Å²) in [5, 5.41) is 0. The van der Waals surface area contributed by atoms with Crippen molar-refractivity contribution in [2.75, 3.05) is 0 Å². The third kappa shape index (κ3) is 3.78. The first-order valence-electron chi connectivity index (χ1n) is 5.61. The Labute approximate surface area is 101 Å². The molecule has 0 nitrogen and oxygen atoms in total. The van der Waals surface area contributed by atoms with Crippen LogP contribution >= 0.6 is 0 Å². The van der Waals surface area contributed by atoms with Gasteiger partial charge in [-0.2, -0.15) is 0 Å². The summed E-state index contributed by atoms with van der Waals surface area (Å²) in [6, 6.07) is 17.9. The summed E-state index contributed by atoms with van der Waals surface area (Å²) in [5.41, 5.74) is 1.47. The van der Waals surface area contributed by atoms with Crippen molar-refractivity contribution in [2.45, 2.75) is 12.1 Å². The van der Waals surface area contributed by atoms with E-state index in [1.807, 2.05) is 36.4 Å². The van der Waals surface area contributed by atoms with Crippen molar-refractivity contribution in [2.24, 2.45) is 0 Å². The van der Waals surface area contributed by atoms with Crippen molar-refractivity contribution in [3.8, 4) is 0 Å². The lowest BCUT2D eigenvalue weighted by atomic mass is 10.2. The van der Waals surface area contributed by atoms with Gasteiger partial charge in [0, 0.05) is 12.1 Å². The number of rotatable bonds is 4. The molecule has 3 heteroatoms. The highest BCUT2D eigenvalue weighted by molar-refractivity contribution is 6.65. The molecule has 0 saturated carbocycles. The first-order valence-corrected chi connectivity index (χ1v) is 7.78. The van der Waals surface area contributed by atoms with Gasteiger partial charge in [0.15, 0.2) is 0 Å². The van der Waals surface area contributed by atoms with Crippen LogP contribution in [0.2, 0.25) is 0 Å². The Kier molecular flexibility index (Phi) is 3.69. The summed E-state index contributed by atoms with van der Waals surface area (Å²) in [6.07, 6.45) is 0. The zero-order valence-corrected chi connectivity index (χ0v) is 10.4. The third-order valence-corrected chi connectivity index (χ3v) is 4.46. The summed E-state index contributed by atoms with van der Waals surface area (Å²) in [5.74, 6) is 0. The lowest BCUT2D eigenvalue weighted by molar-refractivity contribution is 0.586. The van der Waals surface area contributed by atoms with Crippen LogP contribution in [0.15, 0.2) is 60.7 Å². The van der Waals surface area contributed by atoms with E-state index in [4.69, 9.17) is 0 Å². The average Bonchev–Trinajstić information content (AvgIpc) is 2.30. The van der Waals surface area contributed by atoms with Crippen LogP contribution in [0, 0.1) is 0 Å². The molecule has 17 heavy (non-hydrogen) atoms. The molecule has 0 heterocycles. The van der Waals surface area contributed by atoms with E-state index in [0.717, 1.165) is 11.1 Å². The zero-order chi connectivity index (χ0) is 12.1. The fraction of sp³-hybridized carbons (Fsp3) is 0.143. The molecule has 0 aliphatic rings. The third-order valence-electron chi connectivity index (χ3n) is 2.61. The maximum atomic E-state index is 13.9. The fourth-order valence-electron chi connectivity index (χ4n) is 1.85. The van der Waals surface area contributed by atoms with Crippen LogP contribution in [0.1, 0.15) is 11.1 Å². The highest BCUT2D eigenvalue weighted by Crippen LogP contribution is 2.20. The Morgan fingerprint density at radius 3 is 1.35 bits per heavy atom. The molecule has 0 saturated heterocycles. The molecule has 88 valence electrons. The molecule has 0 unspecified atom stereocenters. The predicted molar refractivity (Wildman–Crippen MR) is 68.3 cm³/mol. The number of halogens is 2.